The molecule has 1 aliphatic rings. The van der Waals surface area contributed by atoms with Gasteiger partial charge in [-0.3, -0.25) is 4.79 Å². The number of rotatable bonds is 8. The second-order valence-corrected chi connectivity index (χ2v) is 5.64. The highest BCUT2D eigenvalue weighted by molar-refractivity contribution is 7.11. The topological polar surface area (TPSA) is 106 Å². The van der Waals surface area contributed by atoms with Crippen molar-refractivity contribution in [2.24, 2.45) is 0 Å². The van der Waals surface area contributed by atoms with Gasteiger partial charge in [-0.2, -0.15) is 4.37 Å². The number of nitrogens with zero attached hydrogens (tertiary/aromatic N) is 1. The number of ether oxygens (including phenoxy) is 1. The average Bonchev–Trinajstić information content (AvgIpc) is 3.17. The lowest BCUT2D eigenvalue weighted by atomic mass is 10.2. The van der Waals surface area contributed by atoms with Crippen LogP contribution in [0.2, 0.25) is 0 Å². The van der Waals surface area contributed by atoms with Gasteiger partial charge in [0.15, 0.2) is 5.82 Å². The lowest BCUT2D eigenvalue weighted by Gasteiger charge is -2.07. The summed E-state index contributed by atoms with van der Waals surface area (Å²) in [7, 11) is 0. The van der Waals surface area contributed by atoms with Crippen LogP contribution in [-0.2, 0) is 9.53 Å². The van der Waals surface area contributed by atoms with Gasteiger partial charge >= 0.3 is 5.97 Å². The summed E-state index contributed by atoms with van der Waals surface area (Å²) in [6.07, 6.45) is 3.32. The Kier molecular flexibility index (Phi) is 5.38. The largest absolute Gasteiger partial charge is 0.462 e. The minimum Gasteiger partial charge on any atom is -0.462 e. The van der Waals surface area contributed by atoms with Crippen LogP contribution in [0.3, 0.4) is 0 Å². The molecule has 0 unspecified atom stereocenters. The van der Waals surface area contributed by atoms with Gasteiger partial charge in [-0.25, -0.2) is 4.79 Å². The summed E-state index contributed by atoms with van der Waals surface area (Å²) in [6.45, 7) is 2.60. The Morgan fingerprint density at radius 2 is 2.24 bits per heavy atom. The summed E-state index contributed by atoms with van der Waals surface area (Å²) in [5.41, 5.74) is 5.96. The van der Waals surface area contributed by atoms with Crippen LogP contribution in [0.5, 0.6) is 0 Å². The number of carbonyl (C=O) groups is 2. The molecule has 1 amide bonds. The van der Waals surface area contributed by atoms with Crippen molar-refractivity contribution in [1.29, 1.82) is 0 Å². The third kappa shape index (κ3) is 4.59. The van der Waals surface area contributed by atoms with E-state index in [-0.39, 0.29) is 23.9 Å². The Hall–Kier alpha value is -1.83. The van der Waals surface area contributed by atoms with Gasteiger partial charge in [0, 0.05) is 19.0 Å². The number of nitrogens with two attached hydrogens (primary N) is 1. The van der Waals surface area contributed by atoms with Gasteiger partial charge in [-0.15, -0.1) is 0 Å². The molecule has 0 aromatic carbocycles. The first-order valence-electron chi connectivity index (χ1n) is 7.07. The Balaban J connectivity index is 1.77. The molecule has 0 aliphatic heterocycles. The Bertz CT molecular complexity index is 514. The fraction of sp³-hybridized carbons (Fsp3) is 0.615. The van der Waals surface area contributed by atoms with Crippen molar-refractivity contribution in [3.63, 3.8) is 0 Å². The maximum atomic E-state index is 11.8. The van der Waals surface area contributed by atoms with Gasteiger partial charge in [-0.05, 0) is 37.7 Å². The number of amides is 1. The molecule has 4 N–H and O–H groups in total. The number of hydrogen-bond acceptors (Lipinski definition) is 7. The number of anilines is 2. The minimum atomic E-state index is -0.474. The highest BCUT2D eigenvalue weighted by Gasteiger charge is 2.23. The zero-order valence-corrected chi connectivity index (χ0v) is 12.8. The molecule has 1 aromatic heterocycles. The molecule has 21 heavy (non-hydrogen) atoms. The van der Waals surface area contributed by atoms with Crippen LogP contribution in [-0.4, -0.2) is 35.4 Å². The van der Waals surface area contributed by atoms with Crippen LogP contribution in [0, 0.1) is 0 Å². The molecule has 0 spiro atoms. The van der Waals surface area contributed by atoms with E-state index in [1.165, 1.54) is 0 Å². The quantitative estimate of drug-likeness (QED) is 0.494. The SMILES string of the molecule is CCOC(=O)c1c(N)nsc1NCCCC(=O)NC1CC1. The summed E-state index contributed by atoms with van der Waals surface area (Å²) in [6, 6.07) is 0.391. The third-order valence-corrected chi connectivity index (χ3v) is 3.83. The van der Waals surface area contributed by atoms with E-state index in [2.05, 4.69) is 15.0 Å². The second kappa shape index (κ2) is 7.26. The lowest BCUT2D eigenvalue weighted by Crippen LogP contribution is -2.25. The molecule has 0 atom stereocenters. The molecular formula is C13H20N4O3S. The van der Waals surface area contributed by atoms with Crippen LogP contribution in [0.4, 0.5) is 10.8 Å². The zero-order valence-electron chi connectivity index (χ0n) is 12.0. The highest BCUT2D eigenvalue weighted by Crippen LogP contribution is 2.27. The monoisotopic (exact) mass is 312 g/mol. The van der Waals surface area contributed by atoms with E-state index in [1.54, 1.807) is 6.92 Å². The summed E-state index contributed by atoms with van der Waals surface area (Å²) in [4.78, 5) is 23.3. The van der Waals surface area contributed by atoms with E-state index in [0.29, 0.717) is 30.4 Å². The van der Waals surface area contributed by atoms with E-state index in [1.807, 2.05) is 0 Å². The number of nitrogens with one attached hydrogen (secondary N) is 2. The normalized spacial score (nSPS) is 13.8. The van der Waals surface area contributed by atoms with Crippen molar-refractivity contribution >= 4 is 34.2 Å². The molecule has 0 radical (unpaired) electrons. The predicted octanol–water partition coefficient (Wildman–Crippen LogP) is 1.37. The number of aromatic nitrogens is 1. The number of carbonyl (C=O) groups excluding carboxylic acids is 2. The number of esters is 1. The average molecular weight is 312 g/mol. The van der Waals surface area contributed by atoms with Gasteiger partial charge in [-0.1, -0.05) is 0 Å². The lowest BCUT2D eigenvalue weighted by molar-refractivity contribution is -0.121. The molecule has 0 bridgehead atoms. The molecule has 1 fully saturated rings. The Labute approximate surface area is 127 Å². The third-order valence-electron chi connectivity index (χ3n) is 3.01. The van der Waals surface area contributed by atoms with E-state index < -0.39 is 5.97 Å². The van der Waals surface area contributed by atoms with Crippen molar-refractivity contribution in [2.75, 3.05) is 24.2 Å². The molecule has 1 heterocycles. The molecule has 1 aromatic rings. The van der Waals surface area contributed by atoms with Gasteiger partial charge in [0.1, 0.15) is 10.6 Å². The Morgan fingerprint density at radius 3 is 2.90 bits per heavy atom. The van der Waals surface area contributed by atoms with Crippen molar-refractivity contribution < 1.29 is 14.3 Å². The minimum absolute atomic E-state index is 0.0775. The zero-order chi connectivity index (χ0) is 15.2. The highest BCUT2D eigenvalue weighted by atomic mass is 32.1. The predicted molar refractivity (Wildman–Crippen MR) is 81.4 cm³/mol. The summed E-state index contributed by atoms with van der Waals surface area (Å²) < 4.78 is 8.90. The molecule has 7 nitrogen and oxygen atoms in total. The maximum Gasteiger partial charge on any atom is 0.344 e. The van der Waals surface area contributed by atoms with Gasteiger partial charge in [0.05, 0.1) is 6.61 Å². The smallest absolute Gasteiger partial charge is 0.344 e. The van der Waals surface area contributed by atoms with Crippen LogP contribution in [0.25, 0.3) is 0 Å². The first kappa shape index (κ1) is 15.6. The fourth-order valence-corrected chi connectivity index (χ4v) is 2.53. The van der Waals surface area contributed by atoms with Gasteiger partial charge < -0.3 is 21.1 Å². The van der Waals surface area contributed by atoms with E-state index in [0.717, 1.165) is 24.4 Å². The Morgan fingerprint density at radius 1 is 1.48 bits per heavy atom. The van der Waals surface area contributed by atoms with Gasteiger partial charge in [0.2, 0.25) is 5.91 Å². The summed E-state index contributed by atoms with van der Waals surface area (Å²) >= 11 is 1.12. The van der Waals surface area contributed by atoms with E-state index in [4.69, 9.17) is 10.5 Å². The fourth-order valence-electron chi connectivity index (χ4n) is 1.80. The van der Waals surface area contributed by atoms with Crippen LogP contribution >= 0.6 is 11.5 Å². The first-order chi connectivity index (χ1) is 10.1. The summed E-state index contributed by atoms with van der Waals surface area (Å²) in [5.74, 6) is -0.223. The molecular weight excluding hydrogens is 292 g/mol. The number of nitrogen functional groups attached to an aromatic ring is 1. The van der Waals surface area contributed by atoms with Gasteiger partial charge in [0.25, 0.3) is 0 Å². The second-order valence-electron chi connectivity index (χ2n) is 4.86. The van der Waals surface area contributed by atoms with Crippen LogP contribution in [0.15, 0.2) is 0 Å². The van der Waals surface area contributed by atoms with Crippen LogP contribution < -0.4 is 16.4 Å². The van der Waals surface area contributed by atoms with Crippen molar-refractivity contribution in [1.82, 2.24) is 9.69 Å². The van der Waals surface area contributed by atoms with E-state index >= 15 is 0 Å². The number of hydrogen-bond donors (Lipinski definition) is 3. The van der Waals surface area contributed by atoms with E-state index in [9.17, 15) is 9.59 Å². The molecule has 1 aliphatic carbocycles. The molecule has 2 rings (SSSR count). The molecule has 0 saturated heterocycles. The molecule has 8 heteroatoms. The van der Waals surface area contributed by atoms with Crippen LogP contribution in [0.1, 0.15) is 43.0 Å². The van der Waals surface area contributed by atoms with Crippen molar-refractivity contribution in [3.8, 4) is 0 Å². The molecule has 116 valence electrons. The van der Waals surface area contributed by atoms with Crippen molar-refractivity contribution in [2.45, 2.75) is 38.6 Å². The standard InChI is InChI=1S/C13H20N4O3S/c1-2-20-13(19)10-11(14)17-21-12(10)15-7-3-4-9(18)16-8-5-6-8/h8,15H,2-7H2,1H3,(H2,14,17)(H,16,18). The summed E-state index contributed by atoms with van der Waals surface area (Å²) in [5, 5.41) is 6.62. The maximum absolute atomic E-state index is 11.8. The first-order valence-corrected chi connectivity index (χ1v) is 7.84. The molecule has 1 saturated carbocycles. The van der Waals surface area contributed by atoms with Crippen molar-refractivity contribution in [3.05, 3.63) is 5.56 Å².